The molecule has 4 N–H and O–H groups in total. The predicted octanol–water partition coefficient (Wildman–Crippen LogP) is 3.15. The number of rotatable bonds is 13. The topological polar surface area (TPSA) is 132 Å². The molecule has 0 bridgehead atoms. The maximum atomic E-state index is 11.6. The minimum Gasteiger partial charge on any atom is -0.393 e. The highest BCUT2D eigenvalue weighted by Gasteiger charge is 2.24. The van der Waals surface area contributed by atoms with Gasteiger partial charge in [0.25, 0.3) is 11.1 Å². The normalized spacial score (nSPS) is 14.7. The molecule has 0 aromatic carbocycles. The monoisotopic (exact) mass is 424 g/mol. The second-order valence-electron chi connectivity index (χ2n) is 10.0. The van der Waals surface area contributed by atoms with Crippen LogP contribution in [0.1, 0.15) is 77.3 Å². The quantitative estimate of drug-likeness (QED) is 0.390. The van der Waals surface area contributed by atoms with Crippen molar-refractivity contribution in [3.05, 3.63) is 44.4 Å². The minimum absolute atomic E-state index is 0.134. The van der Waals surface area contributed by atoms with E-state index in [9.17, 15) is 19.8 Å². The van der Waals surface area contributed by atoms with Gasteiger partial charge in [-0.1, -0.05) is 27.7 Å². The van der Waals surface area contributed by atoms with Gasteiger partial charge in [-0.15, -0.1) is 0 Å². The third-order valence-electron chi connectivity index (χ3n) is 5.77. The van der Waals surface area contributed by atoms with Crippen molar-refractivity contribution < 1.29 is 19.3 Å². The molecule has 0 spiro atoms. The standard InChI is InChI=1S/C22H36N2O6/c1-21(2,11-15-13-29-23-19(15)27)9-7-17(25)5-6-18(26)8-10-22(3,4)12-16-14-30-24-20(16)28/h13-14,17-18,25-26H,5-12H2,1-4H3,(H,23,27)(H,24,28). The highest BCUT2D eigenvalue weighted by atomic mass is 16.5. The summed E-state index contributed by atoms with van der Waals surface area (Å²) in [5.41, 5.74) is 0.561. The number of hydrogen-bond acceptors (Lipinski definition) is 6. The molecule has 0 amide bonds. The van der Waals surface area contributed by atoms with Gasteiger partial charge < -0.3 is 19.3 Å². The molecule has 0 aliphatic carbocycles. The van der Waals surface area contributed by atoms with Crippen molar-refractivity contribution in [3.63, 3.8) is 0 Å². The number of aliphatic hydroxyl groups is 2. The summed E-state index contributed by atoms with van der Waals surface area (Å²) in [4.78, 5) is 23.2. The zero-order valence-corrected chi connectivity index (χ0v) is 18.5. The molecule has 0 aliphatic heterocycles. The van der Waals surface area contributed by atoms with E-state index in [1.165, 1.54) is 12.5 Å². The molecule has 8 nitrogen and oxygen atoms in total. The molecule has 2 aromatic heterocycles. The van der Waals surface area contributed by atoms with Crippen LogP contribution in [-0.4, -0.2) is 32.7 Å². The van der Waals surface area contributed by atoms with Crippen LogP contribution in [0.5, 0.6) is 0 Å². The maximum Gasteiger partial charge on any atom is 0.283 e. The van der Waals surface area contributed by atoms with E-state index in [0.29, 0.717) is 49.7 Å². The second kappa shape index (κ2) is 10.3. The van der Waals surface area contributed by atoms with Gasteiger partial charge in [-0.2, -0.15) is 10.3 Å². The first-order valence-corrected chi connectivity index (χ1v) is 10.6. The minimum atomic E-state index is -0.487. The van der Waals surface area contributed by atoms with Crippen LogP contribution in [0, 0.1) is 10.8 Å². The Balaban J connectivity index is 1.67. The molecule has 170 valence electrons. The van der Waals surface area contributed by atoms with Crippen LogP contribution in [0.3, 0.4) is 0 Å². The van der Waals surface area contributed by atoms with E-state index in [1.54, 1.807) is 0 Å². The maximum absolute atomic E-state index is 11.6. The molecular weight excluding hydrogens is 388 g/mol. The number of aromatic amines is 2. The van der Waals surface area contributed by atoms with Crippen molar-refractivity contribution in [2.75, 3.05) is 0 Å². The Kier molecular flexibility index (Phi) is 8.32. The van der Waals surface area contributed by atoms with Crippen molar-refractivity contribution in [2.24, 2.45) is 10.8 Å². The van der Waals surface area contributed by atoms with Crippen molar-refractivity contribution in [1.82, 2.24) is 10.3 Å². The molecule has 2 unspecified atom stereocenters. The molecule has 0 saturated heterocycles. The van der Waals surface area contributed by atoms with Crippen molar-refractivity contribution in [2.45, 2.75) is 91.3 Å². The Morgan fingerprint density at radius 2 is 1.13 bits per heavy atom. The first kappa shape index (κ1) is 24.2. The number of H-pyrrole nitrogens is 2. The fourth-order valence-corrected chi connectivity index (χ4v) is 3.79. The van der Waals surface area contributed by atoms with Gasteiger partial charge in [0.05, 0.1) is 23.3 Å². The third-order valence-corrected chi connectivity index (χ3v) is 5.77. The van der Waals surface area contributed by atoms with E-state index in [-0.39, 0.29) is 21.9 Å². The van der Waals surface area contributed by atoms with Gasteiger partial charge in [-0.05, 0) is 62.2 Å². The first-order valence-electron chi connectivity index (χ1n) is 10.6. The Morgan fingerprint density at radius 3 is 1.43 bits per heavy atom. The largest absolute Gasteiger partial charge is 0.393 e. The molecule has 2 aromatic rings. The van der Waals surface area contributed by atoms with Crippen LogP contribution in [0.2, 0.25) is 0 Å². The van der Waals surface area contributed by atoms with E-state index in [1.807, 2.05) is 0 Å². The lowest BCUT2D eigenvalue weighted by molar-refractivity contribution is 0.0879. The Morgan fingerprint density at radius 1 is 0.767 bits per heavy atom. The van der Waals surface area contributed by atoms with E-state index in [2.05, 4.69) is 38.0 Å². The summed E-state index contributed by atoms with van der Waals surface area (Å²) in [7, 11) is 0. The van der Waals surface area contributed by atoms with Crippen LogP contribution >= 0.6 is 0 Å². The van der Waals surface area contributed by atoms with E-state index in [4.69, 9.17) is 9.05 Å². The van der Waals surface area contributed by atoms with Crippen molar-refractivity contribution in [1.29, 1.82) is 0 Å². The summed E-state index contributed by atoms with van der Waals surface area (Å²) in [5, 5.41) is 25.2. The number of aromatic nitrogens is 2. The average Bonchev–Trinajstić information content (AvgIpc) is 3.24. The first-order chi connectivity index (χ1) is 14.0. The third kappa shape index (κ3) is 7.99. The second-order valence-corrected chi connectivity index (χ2v) is 10.0. The average molecular weight is 425 g/mol. The van der Waals surface area contributed by atoms with Gasteiger partial charge in [0.1, 0.15) is 12.5 Å². The fraction of sp³-hybridized carbons (Fsp3) is 0.727. The molecule has 0 aliphatic rings. The van der Waals surface area contributed by atoms with Crippen LogP contribution in [-0.2, 0) is 12.8 Å². The van der Waals surface area contributed by atoms with Crippen molar-refractivity contribution in [3.8, 4) is 0 Å². The molecule has 2 atom stereocenters. The number of hydrogen-bond donors (Lipinski definition) is 4. The van der Waals surface area contributed by atoms with Gasteiger partial charge in [0.15, 0.2) is 0 Å². The van der Waals surface area contributed by atoms with E-state index >= 15 is 0 Å². The molecule has 2 rings (SSSR count). The smallest absolute Gasteiger partial charge is 0.283 e. The number of nitrogens with one attached hydrogen (secondary N) is 2. The van der Waals surface area contributed by atoms with Crippen LogP contribution in [0.15, 0.2) is 31.2 Å². The lowest BCUT2D eigenvalue weighted by Gasteiger charge is -2.26. The molecule has 30 heavy (non-hydrogen) atoms. The summed E-state index contributed by atoms with van der Waals surface area (Å²) in [5.74, 6) is 0. The SMILES string of the molecule is CC(C)(CCC(O)CCC(O)CCC(C)(C)Cc1co[nH]c1=O)Cc1co[nH]c1=O. The highest BCUT2D eigenvalue weighted by Crippen LogP contribution is 2.29. The summed E-state index contributed by atoms with van der Waals surface area (Å²) < 4.78 is 9.65. The van der Waals surface area contributed by atoms with Crippen LogP contribution < -0.4 is 11.1 Å². The molecule has 0 saturated carbocycles. The van der Waals surface area contributed by atoms with Gasteiger partial charge >= 0.3 is 0 Å². The van der Waals surface area contributed by atoms with Crippen LogP contribution in [0.4, 0.5) is 0 Å². The van der Waals surface area contributed by atoms with E-state index < -0.39 is 12.2 Å². The van der Waals surface area contributed by atoms with Gasteiger partial charge in [0, 0.05) is 0 Å². The summed E-state index contributed by atoms with van der Waals surface area (Å²) in [6.45, 7) is 8.25. The molecule has 2 heterocycles. The Bertz CT molecular complexity index is 800. The Hall–Kier alpha value is -2.06. The van der Waals surface area contributed by atoms with Gasteiger partial charge in [-0.25, -0.2) is 0 Å². The zero-order valence-electron chi connectivity index (χ0n) is 18.5. The van der Waals surface area contributed by atoms with Gasteiger partial charge in [0.2, 0.25) is 0 Å². The highest BCUT2D eigenvalue weighted by molar-refractivity contribution is 5.05. The fourth-order valence-electron chi connectivity index (χ4n) is 3.79. The van der Waals surface area contributed by atoms with Crippen molar-refractivity contribution >= 4 is 0 Å². The summed E-state index contributed by atoms with van der Waals surface area (Å²) in [6, 6.07) is 0. The molecular formula is C22H36N2O6. The number of aliphatic hydroxyl groups excluding tert-OH is 2. The zero-order chi connectivity index (χ0) is 22.4. The van der Waals surface area contributed by atoms with Gasteiger partial charge in [-0.3, -0.25) is 9.59 Å². The molecule has 8 heteroatoms. The van der Waals surface area contributed by atoms with E-state index in [0.717, 1.165) is 12.8 Å². The molecule has 0 fully saturated rings. The Labute approximate surface area is 176 Å². The predicted molar refractivity (Wildman–Crippen MR) is 113 cm³/mol. The summed E-state index contributed by atoms with van der Waals surface area (Å²) in [6.07, 6.45) is 6.92. The van der Waals surface area contributed by atoms with Crippen LogP contribution in [0.25, 0.3) is 0 Å². The lowest BCUT2D eigenvalue weighted by atomic mass is 9.80. The molecule has 0 radical (unpaired) electrons. The lowest BCUT2D eigenvalue weighted by Crippen LogP contribution is -2.23. The summed E-state index contributed by atoms with van der Waals surface area (Å²) >= 11 is 0.